The zero-order chi connectivity index (χ0) is 10.0. The molecule has 1 amide bonds. The van der Waals surface area contributed by atoms with Crippen molar-refractivity contribution in [1.82, 2.24) is 4.90 Å². The van der Waals surface area contributed by atoms with Gasteiger partial charge < -0.3 is 10.0 Å². The number of nitrogens with zero attached hydrogens (tertiary/aromatic N) is 1. The maximum Gasteiger partial charge on any atom is 0.303 e. The van der Waals surface area contributed by atoms with E-state index in [4.69, 9.17) is 5.11 Å². The molecule has 0 saturated carbocycles. The Kier molecular flexibility index (Phi) is 2.90. The average molecular weight is 185 g/mol. The molecule has 1 aliphatic rings. The van der Waals surface area contributed by atoms with Crippen LogP contribution in [0.5, 0.6) is 0 Å². The molecule has 1 aliphatic heterocycles. The van der Waals surface area contributed by atoms with Crippen LogP contribution in [0, 0.1) is 5.92 Å². The number of carboxylic acids is 1. The minimum atomic E-state index is -0.778. The molecule has 2 atom stereocenters. The van der Waals surface area contributed by atoms with Gasteiger partial charge in [0.2, 0.25) is 5.91 Å². The number of carbonyl (C=O) groups excluding carboxylic acids is 1. The fourth-order valence-corrected chi connectivity index (χ4v) is 1.77. The normalized spacial score (nSPS) is 29.1. The van der Waals surface area contributed by atoms with Crippen LogP contribution in [0.4, 0.5) is 0 Å². The molecule has 4 nitrogen and oxygen atoms in total. The van der Waals surface area contributed by atoms with Gasteiger partial charge in [-0.15, -0.1) is 0 Å². The Bertz CT molecular complexity index is 227. The van der Waals surface area contributed by atoms with Crippen molar-refractivity contribution in [3.8, 4) is 0 Å². The van der Waals surface area contributed by atoms with Crippen LogP contribution in [0.15, 0.2) is 0 Å². The number of carbonyl (C=O) groups is 2. The lowest BCUT2D eigenvalue weighted by Crippen LogP contribution is -2.44. The number of hydrogen-bond donors (Lipinski definition) is 1. The lowest BCUT2D eigenvalue weighted by atomic mass is 9.88. The van der Waals surface area contributed by atoms with Crippen LogP contribution >= 0.6 is 0 Å². The predicted octanol–water partition coefficient (Wildman–Crippen LogP) is 0.718. The van der Waals surface area contributed by atoms with E-state index in [0.717, 1.165) is 0 Å². The van der Waals surface area contributed by atoms with Crippen molar-refractivity contribution < 1.29 is 14.7 Å². The third kappa shape index (κ3) is 2.20. The number of likely N-dealkylation sites (tertiary alicyclic amines) is 1. The smallest absolute Gasteiger partial charge is 0.303 e. The van der Waals surface area contributed by atoms with E-state index in [0.29, 0.717) is 12.8 Å². The molecule has 0 radical (unpaired) electrons. The summed E-state index contributed by atoms with van der Waals surface area (Å²) in [6, 6.07) is 0.0531. The Morgan fingerprint density at radius 2 is 2.31 bits per heavy atom. The molecule has 0 aromatic heterocycles. The van der Waals surface area contributed by atoms with Gasteiger partial charge in [-0.2, -0.15) is 0 Å². The van der Waals surface area contributed by atoms with Gasteiger partial charge in [0.25, 0.3) is 0 Å². The highest BCUT2D eigenvalue weighted by Crippen LogP contribution is 2.25. The largest absolute Gasteiger partial charge is 0.481 e. The van der Waals surface area contributed by atoms with Crippen LogP contribution in [0.2, 0.25) is 0 Å². The lowest BCUT2D eigenvalue weighted by Gasteiger charge is -2.36. The molecule has 1 fully saturated rings. The maximum atomic E-state index is 11.2. The number of rotatable bonds is 2. The zero-order valence-electron chi connectivity index (χ0n) is 7.99. The molecule has 1 N–H and O–H groups in total. The zero-order valence-corrected chi connectivity index (χ0v) is 7.99. The first-order valence-electron chi connectivity index (χ1n) is 4.50. The number of carboxylic acid groups (broad SMARTS) is 1. The SMILES string of the molecule is C[C@@H]1[C@@H](CC(=O)O)CCC(=O)N1C. The second-order valence-electron chi connectivity index (χ2n) is 3.64. The Hall–Kier alpha value is -1.06. The summed E-state index contributed by atoms with van der Waals surface area (Å²) in [7, 11) is 1.74. The monoisotopic (exact) mass is 185 g/mol. The molecule has 13 heavy (non-hydrogen) atoms. The summed E-state index contributed by atoms with van der Waals surface area (Å²) in [5.41, 5.74) is 0. The van der Waals surface area contributed by atoms with E-state index in [2.05, 4.69) is 0 Å². The first-order chi connectivity index (χ1) is 6.02. The van der Waals surface area contributed by atoms with Gasteiger partial charge in [0.05, 0.1) is 6.42 Å². The number of piperidine rings is 1. The summed E-state index contributed by atoms with van der Waals surface area (Å²) in [5.74, 6) is -0.547. The second kappa shape index (κ2) is 3.77. The maximum absolute atomic E-state index is 11.2. The molecule has 0 spiro atoms. The molecule has 1 heterocycles. The lowest BCUT2D eigenvalue weighted by molar-refractivity contribution is -0.143. The van der Waals surface area contributed by atoms with E-state index < -0.39 is 5.97 Å². The Labute approximate surface area is 77.5 Å². The Morgan fingerprint density at radius 1 is 1.69 bits per heavy atom. The molecule has 0 aromatic rings. The molecule has 0 unspecified atom stereocenters. The second-order valence-corrected chi connectivity index (χ2v) is 3.64. The van der Waals surface area contributed by atoms with Gasteiger partial charge >= 0.3 is 5.97 Å². The van der Waals surface area contributed by atoms with Gasteiger partial charge in [0.15, 0.2) is 0 Å². The van der Waals surface area contributed by atoms with Gasteiger partial charge in [-0.05, 0) is 19.3 Å². The number of amides is 1. The quantitative estimate of drug-likeness (QED) is 0.689. The van der Waals surface area contributed by atoms with Crippen molar-refractivity contribution in [1.29, 1.82) is 0 Å². The van der Waals surface area contributed by atoms with Crippen LogP contribution in [0.25, 0.3) is 0 Å². The van der Waals surface area contributed by atoms with Crippen molar-refractivity contribution in [2.45, 2.75) is 32.2 Å². The highest BCUT2D eigenvalue weighted by atomic mass is 16.4. The van der Waals surface area contributed by atoms with Crippen molar-refractivity contribution in [3.05, 3.63) is 0 Å². The van der Waals surface area contributed by atoms with Crippen LogP contribution < -0.4 is 0 Å². The molecular weight excluding hydrogens is 170 g/mol. The molecule has 0 aliphatic carbocycles. The first kappa shape index (κ1) is 10.0. The fourth-order valence-electron chi connectivity index (χ4n) is 1.77. The summed E-state index contributed by atoms with van der Waals surface area (Å²) in [5, 5.41) is 8.63. The first-order valence-corrected chi connectivity index (χ1v) is 4.50. The van der Waals surface area contributed by atoms with Gasteiger partial charge in [0.1, 0.15) is 0 Å². The summed E-state index contributed by atoms with van der Waals surface area (Å²) in [6.07, 6.45) is 1.36. The molecule has 1 saturated heterocycles. The summed E-state index contributed by atoms with van der Waals surface area (Å²) in [6.45, 7) is 1.91. The van der Waals surface area contributed by atoms with Crippen molar-refractivity contribution in [2.75, 3.05) is 7.05 Å². The van der Waals surface area contributed by atoms with E-state index in [-0.39, 0.29) is 24.3 Å². The topological polar surface area (TPSA) is 57.6 Å². The van der Waals surface area contributed by atoms with Crippen LogP contribution in [0.3, 0.4) is 0 Å². The van der Waals surface area contributed by atoms with E-state index >= 15 is 0 Å². The summed E-state index contributed by atoms with van der Waals surface area (Å²) in [4.78, 5) is 23.4. The standard InChI is InChI=1S/C9H15NO3/c1-6-7(5-9(12)13)3-4-8(11)10(6)2/h6-7H,3-5H2,1-2H3,(H,12,13)/t6-,7-/m1/s1. The predicted molar refractivity (Wildman–Crippen MR) is 47.2 cm³/mol. The number of aliphatic carboxylic acids is 1. The minimum Gasteiger partial charge on any atom is -0.481 e. The average Bonchev–Trinajstić information content (AvgIpc) is 2.06. The molecular formula is C9H15NO3. The minimum absolute atomic E-state index is 0.0531. The van der Waals surface area contributed by atoms with Crippen molar-refractivity contribution in [2.24, 2.45) is 5.92 Å². The van der Waals surface area contributed by atoms with Crippen molar-refractivity contribution in [3.63, 3.8) is 0 Å². The van der Waals surface area contributed by atoms with E-state index in [1.54, 1.807) is 11.9 Å². The Balaban J connectivity index is 2.58. The molecule has 0 aromatic carbocycles. The van der Waals surface area contributed by atoms with Gasteiger partial charge in [-0.1, -0.05) is 0 Å². The third-order valence-corrected chi connectivity index (χ3v) is 2.85. The fraction of sp³-hybridized carbons (Fsp3) is 0.778. The van der Waals surface area contributed by atoms with Gasteiger partial charge in [-0.25, -0.2) is 0 Å². The summed E-state index contributed by atoms with van der Waals surface area (Å²) >= 11 is 0. The van der Waals surface area contributed by atoms with Crippen molar-refractivity contribution >= 4 is 11.9 Å². The Morgan fingerprint density at radius 3 is 2.85 bits per heavy atom. The summed E-state index contributed by atoms with van der Waals surface area (Å²) < 4.78 is 0. The van der Waals surface area contributed by atoms with Crippen LogP contribution in [-0.2, 0) is 9.59 Å². The van der Waals surface area contributed by atoms with Crippen LogP contribution in [0.1, 0.15) is 26.2 Å². The third-order valence-electron chi connectivity index (χ3n) is 2.85. The van der Waals surface area contributed by atoms with E-state index in [1.165, 1.54) is 0 Å². The molecule has 0 bridgehead atoms. The highest BCUT2D eigenvalue weighted by Gasteiger charge is 2.31. The molecule has 4 heteroatoms. The highest BCUT2D eigenvalue weighted by molar-refractivity contribution is 5.77. The van der Waals surface area contributed by atoms with E-state index in [9.17, 15) is 9.59 Å². The molecule has 74 valence electrons. The van der Waals surface area contributed by atoms with Crippen LogP contribution in [-0.4, -0.2) is 35.0 Å². The van der Waals surface area contributed by atoms with E-state index in [1.807, 2.05) is 6.92 Å². The van der Waals surface area contributed by atoms with Gasteiger partial charge in [-0.3, -0.25) is 9.59 Å². The van der Waals surface area contributed by atoms with Gasteiger partial charge in [0, 0.05) is 19.5 Å². The number of hydrogen-bond acceptors (Lipinski definition) is 2. The molecule has 1 rings (SSSR count).